The van der Waals surface area contributed by atoms with Crippen LogP contribution in [0.5, 0.6) is 0 Å². The number of ether oxygens (including phenoxy) is 1. The molecule has 0 aliphatic carbocycles. The molecule has 1 aromatic rings. The Bertz CT molecular complexity index is 294. The van der Waals surface area contributed by atoms with Gasteiger partial charge < -0.3 is 14.5 Å². The van der Waals surface area contributed by atoms with E-state index in [1.165, 1.54) is 5.56 Å². The van der Waals surface area contributed by atoms with Gasteiger partial charge in [0, 0.05) is 18.7 Å². The molecular formula is C14H25NO2. The van der Waals surface area contributed by atoms with Crippen molar-refractivity contribution in [3.05, 3.63) is 23.7 Å². The first-order chi connectivity index (χ1) is 8.22. The Balaban J connectivity index is 2.16. The fourth-order valence-electron chi connectivity index (χ4n) is 1.50. The highest BCUT2D eigenvalue weighted by Gasteiger charge is 2.02. The molecule has 17 heavy (non-hydrogen) atoms. The first-order valence-electron chi connectivity index (χ1n) is 6.57. The van der Waals surface area contributed by atoms with Crippen LogP contribution in [0.4, 0.5) is 0 Å². The number of hydrogen-bond donors (Lipinski definition) is 1. The first-order valence-corrected chi connectivity index (χ1v) is 6.57. The van der Waals surface area contributed by atoms with Gasteiger partial charge in [-0.3, -0.25) is 0 Å². The number of furan rings is 1. The zero-order valence-corrected chi connectivity index (χ0v) is 11.3. The molecule has 0 fully saturated rings. The van der Waals surface area contributed by atoms with Gasteiger partial charge in [-0.1, -0.05) is 20.8 Å². The molecule has 0 saturated carbocycles. The van der Waals surface area contributed by atoms with Crippen LogP contribution in [-0.2, 0) is 17.9 Å². The lowest BCUT2D eigenvalue weighted by atomic mass is 10.1. The minimum atomic E-state index is 0.584. The van der Waals surface area contributed by atoms with E-state index in [1.807, 2.05) is 6.26 Å². The molecule has 0 aromatic carbocycles. The van der Waals surface area contributed by atoms with Crippen LogP contribution in [0.2, 0.25) is 0 Å². The van der Waals surface area contributed by atoms with E-state index in [4.69, 9.17) is 9.15 Å². The van der Waals surface area contributed by atoms with Gasteiger partial charge in [-0.05, 0) is 31.4 Å². The van der Waals surface area contributed by atoms with Gasteiger partial charge in [0.1, 0.15) is 12.4 Å². The molecular weight excluding hydrogens is 214 g/mol. The summed E-state index contributed by atoms with van der Waals surface area (Å²) in [5.41, 5.74) is 1.20. The highest BCUT2D eigenvalue weighted by Crippen LogP contribution is 2.09. The van der Waals surface area contributed by atoms with Gasteiger partial charge in [-0.15, -0.1) is 0 Å². The SMILES string of the molecule is CCCNCc1coc(COCCC(C)C)c1. The van der Waals surface area contributed by atoms with E-state index in [0.29, 0.717) is 12.5 Å². The van der Waals surface area contributed by atoms with E-state index in [2.05, 4.69) is 32.2 Å². The van der Waals surface area contributed by atoms with E-state index in [-0.39, 0.29) is 0 Å². The number of nitrogens with one attached hydrogen (secondary N) is 1. The average Bonchev–Trinajstić information content (AvgIpc) is 2.73. The summed E-state index contributed by atoms with van der Waals surface area (Å²) in [6.07, 6.45) is 4.07. The molecule has 0 saturated heterocycles. The van der Waals surface area contributed by atoms with Gasteiger partial charge in [0.05, 0.1) is 6.26 Å². The highest BCUT2D eigenvalue weighted by atomic mass is 16.5. The standard InChI is InChI=1S/C14H25NO2/c1-4-6-15-9-13-8-14(17-10-13)11-16-7-5-12(2)3/h8,10,12,15H,4-7,9,11H2,1-3H3. The van der Waals surface area contributed by atoms with E-state index in [1.54, 1.807) is 0 Å². The molecule has 3 heteroatoms. The van der Waals surface area contributed by atoms with E-state index in [9.17, 15) is 0 Å². The summed E-state index contributed by atoms with van der Waals surface area (Å²) in [7, 11) is 0. The predicted octanol–water partition coefficient (Wildman–Crippen LogP) is 3.34. The van der Waals surface area contributed by atoms with E-state index < -0.39 is 0 Å². The van der Waals surface area contributed by atoms with Crippen LogP contribution < -0.4 is 5.32 Å². The number of hydrogen-bond acceptors (Lipinski definition) is 3. The van der Waals surface area contributed by atoms with Crippen molar-refractivity contribution < 1.29 is 9.15 Å². The van der Waals surface area contributed by atoms with Crippen molar-refractivity contribution in [2.45, 2.75) is 46.8 Å². The summed E-state index contributed by atoms with van der Waals surface area (Å²) >= 11 is 0. The van der Waals surface area contributed by atoms with Crippen molar-refractivity contribution >= 4 is 0 Å². The minimum absolute atomic E-state index is 0.584. The second kappa shape index (κ2) is 8.31. The Labute approximate surface area is 105 Å². The first kappa shape index (κ1) is 14.3. The van der Waals surface area contributed by atoms with Crippen LogP contribution in [0.1, 0.15) is 44.9 Å². The Hall–Kier alpha value is -0.800. The predicted molar refractivity (Wildman–Crippen MR) is 69.8 cm³/mol. The zero-order valence-electron chi connectivity index (χ0n) is 11.3. The van der Waals surface area contributed by atoms with Crippen LogP contribution >= 0.6 is 0 Å². The van der Waals surface area contributed by atoms with Crippen LogP contribution in [0.3, 0.4) is 0 Å². The largest absolute Gasteiger partial charge is 0.467 e. The molecule has 0 spiro atoms. The topological polar surface area (TPSA) is 34.4 Å². The minimum Gasteiger partial charge on any atom is -0.467 e. The number of rotatable bonds is 9. The molecule has 1 N–H and O–H groups in total. The van der Waals surface area contributed by atoms with Gasteiger partial charge in [-0.25, -0.2) is 0 Å². The summed E-state index contributed by atoms with van der Waals surface area (Å²) in [5.74, 6) is 1.61. The third kappa shape index (κ3) is 6.49. The second-order valence-corrected chi connectivity index (χ2v) is 4.83. The summed E-state index contributed by atoms with van der Waals surface area (Å²) in [4.78, 5) is 0. The van der Waals surface area contributed by atoms with Crippen LogP contribution in [0.25, 0.3) is 0 Å². The molecule has 1 aromatic heterocycles. The molecule has 0 bridgehead atoms. The molecule has 1 heterocycles. The summed E-state index contributed by atoms with van der Waals surface area (Å²) in [6.45, 7) is 9.88. The zero-order chi connectivity index (χ0) is 12.5. The van der Waals surface area contributed by atoms with Crippen LogP contribution in [-0.4, -0.2) is 13.2 Å². The molecule has 0 aliphatic heterocycles. The highest BCUT2D eigenvalue weighted by molar-refractivity contribution is 5.11. The van der Waals surface area contributed by atoms with E-state index >= 15 is 0 Å². The third-order valence-electron chi connectivity index (χ3n) is 2.55. The van der Waals surface area contributed by atoms with Crippen LogP contribution in [0, 0.1) is 5.92 Å². The maximum Gasteiger partial charge on any atom is 0.129 e. The molecule has 0 atom stereocenters. The monoisotopic (exact) mass is 239 g/mol. The smallest absolute Gasteiger partial charge is 0.129 e. The molecule has 0 amide bonds. The average molecular weight is 239 g/mol. The lowest BCUT2D eigenvalue weighted by molar-refractivity contribution is 0.0970. The normalized spacial score (nSPS) is 11.3. The molecule has 0 radical (unpaired) electrons. The van der Waals surface area contributed by atoms with E-state index in [0.717, 1.165) is 38.3 Å². The fourth-order valence-corrected chi connectivity index (χ4v) is 1.50. The Morgan fingerprint density at radius 2 is 2.24 bits per heavy atom. The molecule has 0 unspecified atom stereocenters. The molecule has 1 rings (SSSR count). The van der Waals surface area contributed by atoms with Gasteiger partial charge in [0.15, 0.2) is 0 Å². The van der Waals surface area contributed by atoms with Crippen molar-refractivity contribution in [1.29, 1.82) is 0 Å². The van der Waals surface area contributed by atoms with Crippen molar-refractivity contribution in [2.75, 3.05) is 13.2 Å². The van der Waals surface area contributed by atoms with Crippen molar-refractivity contribution in [3.63, 3.8) is 0 Å². The summed E-state index contributed by atoms with van der Waals surface area (Å²) < 4.78 is 11.0. The lowest BCUT2D eigenvalue weighted by Gasteiger charge is -2.04. The van der Waals surface area contributed by atoms with Gasteiger partial charge >= 0.3 is 0 Å². The van der Waals surface area contributed by atoms with Gasteiger partial charge in [-0.2, -0.15) is 0 Å². The van der Waals surface area contributed by atoms with Crippen LogP contribution in [0.15, 0.2) is 16.7 Å². The van der Waals surface area contributed by atoms with Crippen molar-refractivity contribution in [3.8, 4) is 0 Å². The quantitative estimate of drug-likeness (QED) is 0.671. The summed E-state index contributed by atoms with van der Waals surface area (Å²) in [6, 6.07) is 2.07. The lowest BCUT2D eigenvalue weighted by Crippen LogP contribution is -2.13. The summed E-state index contributed by atoms with van der Waals surface area (Å²) in [5, 5.41) is 3.35. The Morgan fingerprint density at radius 3 is 2.94 bits per heavy atom. The van der Waals surface area contributed by atoms with Crippen molar-refractivity contribution in [2.24, 2.45) is 5.92 Å². The van der Waals surface area contributed by atoms with Gasteiger partial charge in [0.25, 0.3) is 0 Å². The fraction of sp³-hybridized carbons (Fsp3) is 0.714. The maximum absolute atomic E-state index is 5.56. The molecule has 3 nitrogen and oxygen atoms in total. The van der Waals surface area contributed by atoms with Crippen molar-refractivity contribution in [1.82, 2.24) is 5.32 Å². The molecule has 0 aliphatic rings. The second-order valence-electron chi connectivity index (χ2n) is 4.83. The van der Waals surface area contributed by atoms with Gasteiger partial charge in [0.2, 0.25) is 0 Å². The Morgan fingerprint density at radius 1 is 1.41 bits per heavy atom. The third-order valence-corrected chi connectivity index (χ3v) is 2.55. The Kier molecular flexibility index (Phi) is 6.97. The molecule has 98 valence electrons. The maximum atomic E-state index is 5.56.